The molecule has 1 amide bonds. The standard InChI is InChI=1S/C17H15Cl3FN3O2S/c1-26-11-8-6-10(7-9-11)22-16(27)24-15(17(18,19)20)23-14(25)12-4-2-3-5-13(12)21/h2-9,15H,1H3,(H,23,25)(H2,22,24,27)/t15-/m0/s1. The molecule has 0 heterocycles. The van der Waals surface area contributed by atoms with Crippen molar-refractivity contribution in [3.8, 4) is 5.75 Å². The van der Waals surface area contributed by atoms with E-state index in [4.69, 9.17) is 51.8 Å². The number of thiocarbonyl (C=S) groups is 1. The Hall–Kier alpha value is -1.80. The number of ether oxygens (including phenoxy) is 1. The lowest BCUT2D eigenvalue weighted by Gasteiger charge is -2.27. The number of carbonyl (C=O) groups is 1. The summed E-state index contributed by atoms with van der Waals surface area (Å²) >= 11 is 22.9. The third-order valence-electron chi connectivity index (χ3n) is 3.34. The second-order valence-electron chi connectivity index (χ2n) is 5.25. The summed E-state index contributed by atoms with van der Waals surface area (Å²) in [6.07, 6.45) is -1.21. The number of carbonyl (C=O) groups excluding carboxylic acids is 1. The average Bonchev–Trinajstić information content (AvgIpc) is 2.61. The van der Waals surface area contributed by atoms with Gasteiger partial charge >= 0.3 is 0 Å². The first-order valence-electron chi connectivity index (χ1n) is 7.54. The molecule has 0 aliphatic heterocycles. The lowest BCUT2D eigenvalue weighted by Crippen LogP contribution is -2.56. The summed E-state index contributed by atoms with van der Waals surface area (Å²) in [6.45, 7) is 0. The van der Waals surface area contributed by atoms with Gasteiger partial charge in [0.1, 0.15) is 17.7 Å². The zero-order valence-electron chi connectivity index (χ0n) is 13.9. The molecule has 0 aliphatic carbocycles. The summed E-state index contributed by atoms with van der Waals surface area (Å²) < 4.78 is 16.9. The van der Waals surface area contributed by atoms with Crippen LogP contribution in [-0.2, 0) is 0 Å². The molecule has 1 atom stereocenters. The van der Waals surface area contributed by atoms with Gasteiger partial charge in [-0.25, -0.2) is 4.39 Å². The highest BCUT2D eigenvalue weighted by Gasteiger charge is 2.35. The van der Waals surface area contributed by atoms with E-state index in [2.05, 4.69) is 16.0 Å². The summed E-state index contributed by atoms with van der Waals surface area (Å²) in [5.41, 5.74) is 0.462. The predicted molar refractivity (Wildman–Crippen MR) is 110 cm³/mol. The zero-order valence-corrected chi connectivity index (χ0v) is 17.0. The number of nitrogens with one attached hydrogen (secondary N) is 3. The van der Waals surface area contributed by atoms with Crippen molar-refractivity contribution in [3.05, 3.63) is 59.9 Å². The van der Waals surface area contributed by atoms with Gasteiger partial charge in [-0.1, -0.05) is 46.9 Å². The minimum Gasteiger partial charge on any atom is -0.497 e. The van der Waals surface area contributed by atoms with E-state index in [0.717, 1.165) is 6.07 Å². The maximum atomic E-state index is 13.8. The fourth-order valence-electron chi connectivity index (χ4n) is 2.03. The van der Waals surface area contributed by atoms with E-state index in [0.29, 0.717) is 11.4 Å². The summed E-state index contributed by atoms with van der Waals surface area (Å²) in [5.74, 6) is -0.781. The van der Waals surface area contributed by atoms with Crippen molar-refractivity contribution in [2.24, 2.45) is 0 Å². The van der Waals surface area contributed by atoms with Gasteiger partial charge in [0, 0.05) is 5.69 Å². The highest BCUT2D eigenvalue weighted by molar-refractivity contribution is 7.80. The molecule has 144 valence electrons. The molecule has 0 bridgehead atoms. The van der Waals surface area contributed by atoms with Gasteiger partial charge in [0.15, 0.2) is 5.11 Å². The third kappa shape index (κ3) is 6.39. The molecule has 0 radical (unpaired) electrons. The summed E-state index contributed by atoms with van der Waals surface area (Å²) in [5, 5.41) is 8.08. The van der Waals surface area contributed by atoms with E-state index < -0.39 is 21.7 Å². The number of benzene rings is 2. The lowest BCUT2D eigenvalue weighted by atomic mass is 10.2. The second-order valence-corrected chi connectivity index (χ2v) is 8.03. The van der Waals surface area contributed by atoms with Crippen molar-refractivity contribution in [3.63, 3.8) is 0 Å². The summed E-state index contributed by atoms with van der Waals surface area (Å²) in [6, 6.07) is 12.4. The number of hydrogen-bond donors (Lipinski definition) is 3. The van der Waals surface area contributed by atoms with Gasteiger partial charge in [-0.3, -0.25) is 4.79 Å². The Morgan fingerprint density at radius 3 is 2.30 bits per heavy atom. The molecule has 2 aromatic rings. The van der Waals surface area contributed by atoms with Gasteiger partial charge in [-0.15, -0.1) is 0 Å². The number of alkyl halides is 3. The largest absolute Gasteiger partial charge is 0.497 e. The monoisotopic (exact) mass is 449 g/mol. The van der Waals surface area contributed by atoms with Crippen LogP contribution < -0.4 is 20.7 Å². The van der Waals surface area contributed by atoms with Crippen molar-refractivity contribution in [2.75, 3.05) is 12.4 Å². The molecular formula is C17H15Cl3FN3O2S. The molecule has 0 aromatic heterocycles. The lowest BCUT2D eigenvalue weighted by molar-refractivity contribution is 0.0930. The van der Waals surface area contributed by atoms with Crippen LogP contribution in [-0.4, -0.2) is 28.1 Å². The van der Waals surface area contributed by atoms with E-state index in [1.807, 2.05) is 0 Å². The maximum absolute atomic E-state index is 13.8. The Bertz CT molecular complexity index is 816. The van der Waals surface area contributed by atoms with Crippen molar-refractivity contribution in [1.29, 1.82) is 0 Å². The third-order valence-corrected chi connectivity index (χ3v) is 4.22. The van der Waals surface area contributed by atoms with Gasteiger partial charge < -0.3 is 20.7 Å². The van der Waals surface area contributed by atoms with Gasteiger partial charge in [-0.2, -0.15) is 0 Å². The Balaban J connectivity index is 2.06. The highest BCUT2D eigenvalue weighted by Crippen LogP contribution is 2.29. The first kappa shape index (κ1) is 21.5. The average molecular weight is 451 g/mol. The molecule has 0 saturated heterocycles. The molecule has 0 aliphatic rings. The van der Waals surface area contributed by atoms with Gasteiger partial charge in [0.2, 0.25) is 3.79 Å². The molecule has 2 rings (SSSR count). The number of anilines is 1. The van der Waals surface area contributed by atoms with E-state index in [1.165, 1.54) is 18.2 Å². The second kappa shape index (κ2) is 9.41. The first-order valence-corrected chi connectivity index (χ1v) is 9.08. The highest BCUT2D eigenvalue weighted by atomic mass is 35.6. The van der Waals surface area contributed by atoms with Crippen molar-refractivity contribution in [1.82, 2.24) is 10.6 Å². The van der Waals surface area contributed by atoms with Crippen LogP contribution in [0.4, 0.5) is 10.1 Å². The van der Waals surface area contributed by atoms with Crippen LogP contribution in [0.2, 0.25) is 0 Å². The molecule has 0 spiro atoms. The van der Waals surface area contributed by atoms with Crippen LogP contribution in [0.15, 0.2) is 48.5 Å². The van der Waals surface area contributed by atoms with Gasteiger partial charge in [-0.05, 0) is 48.6 Å². The molecule has 2 aromatic carbocycles. The smallest absolute Gasteiger partial charge is 0.255 e. The van der Waals surface area contributed by atoms with Crippen molar-refractivity contribution >= 4 is 63.7 Å². The molecule has 27 heavy (non-hydrogen) atoms. The van der Waals surface area contributed by atoms with Crippen molar-refractivity contribution in [2.45, 2.75) is 9.96 Å². The molecule has 0 unspecified atom stereocenters. The topological polar surface area (TPSA) is 62.4 Å². The van der Waals surface area contributed by atoms with Crippen LogP contribution in [0.1, 0.15) is 10.4 Å². The predicted octanol–water partition coefficient (Wildman–Crippen LogP) is 4.25. The number of halogens is 4. The van der Waals surface area contributed by atoms with Gasteiger partial charge in [0.05, 0.1) is 12.7 Å². The number of hydrogen-bond acceptors (Lipinski definition) is 3. The van der Waals surface area contributed by atoms with Crippen LogP contribution in [0.5, 0.6) is 5.75 Å². The quantitative estimate of drug-likeness (QED) is 0.361. The Kier molecular flexibility index (Phi) is 7.49. The molecule has 5 nitrogen and oxygen atoms in total. The SMILES string of the molecule is COc1ccc(NC(=S)N[C@H](NC(=O)c2ccccc2F)C(Cl)(Cl)Cl)cc1. The number of amides is 1. The molecule has 0 fully saturated rings. The maximum Gasteiger partial charge on any atom is 0.255 e. The Morgan fingerprint density at radius 1 is 1.11 bits per heavy atom. The number of rotatable bonds is 5. The normalized spacial score (nSPS) is 12.0. The fourth-order valence-corrected chi connectivity index (χ4v) is 2.59. The van der Waals surface area contributed by atoms with Crippen LogP contribution >= 0.6 is 47.0 Å². The summed E-state index contributed by atoms with van der Waals surface area (Å²) in [7, 11) is 1.55. The molecule has 10 heteroatoms. The van der Waals surface area contributed by atoms with Crippen LogP contribution in [0, 0.1) is 5.82 Å². The van der Waals surface area contributed by atoms with E-state index in [1.54, 1.807) is 31.4 Å². The molecular weight excluding hydrogens is 436 g/mol. The van der Waals surface area contributed by atoms with E-state index >= 15 is 0 Å². The molecule has 3 N–H and O–H groups in total. The Labute approximate surface area is 176 Å². The molecule has 0 saturated carbocycles. The zero-order chi connectivity index (χ0) is 20.0. The van der Waals surface area contributed by atoms with Crippen LogP contribution in [0.3, 0.4) is 0 Å². The Morgan fingerprint density at radius 2 is 1.74 bits per heavy atom. The fraction of sp³-hybridized carbons (Fsp3) is 0.176. The van der Waals surface area contributed by atoms with E-state index in [9.17, 15) is 9.18 Å². The minimum absolute atomic E-state index is 0.0883. The van der Waals surface area contributed by atoms with Gasteiger partial charge in [0.25, 0.3) is 5.91 Å². The number of methoxy groups -OCH3 is 1. The summed E-state index contributed by atoms with van der Waals surface area (Å²) in [4.78, 5) is 12.3. The van der Waals surface area contributed by atoms with Crippen LogP contribution in [0.25, 0.3) is 0 Å². The van der Waals surface area contributed by atoms with Crippen molar-refractivity contribution < 1.29 is 13.9 Å². The van der Waals surface area contributed by atoms with E-state index in [-0.39, 0.29) is 10.7 Å². The first-order chi connectivity index (χ1) is 12.7. The minimum atomic E-state index is -1.95.